The van der Waals surface area contributed by atoms with Crippen molar-refractivity contribution in [3.63, 3.8) is 0 Å². The number of amides is 2. The predicted octanol–water partition coefficient (Wildman–Crippen LogP) is 1.33. The molecule has 120 valence electrons. The van der Waals surface area contributed by atoms with E-state index >= 15 is 0 Å². The molecule has 1 aromatic carbocycles. The molecule has 6 heteroatoms. The lowest BCUT2D eigenvalue weighted by Crippen LogP contribution is -2.41. The van der Waals surface area contributed by atoms with Crippen molar-refractivity contribution in [2.45, 2.75) is 31.8 Å². The van der Waals surface area contributed by atoms with E-state index in [-0.39, 0.29) is 6.04 Å². The van der Waals surface area contributed by atoms with Gasteiger partial charge in [0.15, 0.2) is 0 Å². The molecule has 1 aromatic heterocycles. The lowest BCUT2D eigenvalue weighted by Gasteiger charge is -2.09. The zero-order valence-corrected chi connectivity index (χ0v) is 12.9. The molecule has 23 heavy (non-hydrogen) atoms. The number of nitrogens with zero attached hydrogens (tertiary/aromatic N) is 2. The Balaban J connectivity index is 1.45. The second-order valence-electron chi connectivity index (χ2n) is 5.67. The first kappa shape index (κ1) is 15.3. The van der Waals surface area contributed by atoms with Crippen molar-refractivity contribution < 1.29 is 9.59 Å². The van der Waals surface area contributed by atoms with Gasteiger partial charge in [0.2, 0.25) is 0 Å². The van der Waals surface area contributed by atoms with Crippen molar-refractivity contribution in [2.75, 3.05) is 6.54 Å². The Kier molecular flexibility index (Phi) is 4.71. The lowest BCUT2D eigenvalue weighted by molar-refractivity contribution is -0.139. The van der Waals surface area contributed by atoms with Gasteiger partial charge in [-0.1, -0.05) is 30.3 Å². The fraction of sp³-hybridized carbons (Fsp3) is 0.353. The van der Waals surface area contributed by atoms with E-state index in [0.717, 1.165) is 37.2 Å². The van der Waals surface area contributed by atoms with Crippen LogP contribution in [0.15, 0.2) is 42.7 Å². The van der Waals surface area contributed by atoms with Crippen molar-refractivity contribution in [3.05, 3.63) is 42.7 Å². The van der Waals surface area contributed by atoms with Crippen LogP contribution in [-0.2, 0) is 16.1 Å². The van der Waals surface area contributed by atoms with E-state index in [4.69, 9.17) is 0 Å². The summed E-state index contributed by atoms with van der Waals surface area (Å²) in [7, 11) is 0. The summed E-state index contributed by atoms with van der Waals surface area (Å²) in [6.45, 7) is 1.19. The van der Waals surface area contributed by atoms with Gasteiger partial charge in [-0.15, -0.1) is 0 Å². The van der Waals surface area contributed by atoms with Crippen LogP contribution in [0.5, 0.6) is 0 Å². The molecule has 1 saturated carbocycles. The van der Waals surface area contributed by atoms with E-state index in [2.05, 4.69) is 15.6 Å². The van der Waals surface area contributed by atoms with Crippen molar-refractivity contribution >= 4 is 11.8 Å². The molecule has 0 aliphatic heterocycles. The van der Waals surface area contributed by atoms with Crippen LogP contribution in [0.3, 0.4) is 0 Å². The van der Waals surface area contributed by atoms with Gasteiger partial charge < -0.3 is 15.2 Å². The topological polar surface area (TPSA) is 76.0 Å². The molecule has 1 aliphatic rings. The number of aromatic nitrogens is 2. The highest BCUT2D eigenvalue weighted by Gasteiger charge is 2.26. The molecule has 2 amide bonds. The van der Waals surface area contributed by atoms with Gasteiger partial charge in [-0.25, -0.2) is 4.98 Å². The highest BCUT2D eigenvalue weighted by Crippen LogP contribution is 2.18. The third-order valence-electron chi connectivity index (χ3n) is 3.73. The predicted molar refractivity (Wildman–Crippen MR) is 86.5 cm³/mol. The molecule has 6 nitrogen and oxygen atoms in total. The zero-order chi connectivity index (χ0) is 16.1. The number of nitrogens with one attached hydrogen (secondary N) is 2. The Labute approximate surface area is 134 Å². The van der Waals surface area contributed by atoms with Gasteiger partial charge in [0.1, 0.15) is 5.82 Å². The molecule has 0 saturated heterocycles. The number of hydrogen-bond acceptors (Lipinski definition) is 3. The molecule has 0 radical (unpaired) electrons. The molecular weight excluding hydrogens is 292 g/mol. The summed E-state index contributed by atoms with van der Waals surface area (Å²) in [5, 5.41) is 5.33. The minimum absolute atomic E-state index is 0.202. The Morgan fingerprint density at radius 2 is 1.96 bits per heavy atom. The van der Waals surface area contributed by atoms with E-state index in [0.29, 0.717) is 6.54 Å². The minimum Gasteiger partial charge on any atom is -0.348 e. The van der Waals surface area contributed by atoms with Crippen molar-refractivity contribution in [1.82, 2.24) is 20.2 Å². The number of hydrogen-bond donors (Lipinski definition) is 2. The lowest BCUT2D eigenvalue weighted by atomic mass is 10.2. The van der Waals surface area contributed by atoms with Gasteiger partial charge in [-0.3, -0.25) is 9.59 Å². The van der Waals surface area contributed by atoms with Crippen LogP contribution in [-0.4, -0.2) is 34.0 Å². The maximum Gasteiger partial charge on any atom is 0.309 e. The number of imidazole rings is 1. The molecular formula is C17H20N4O2. The average Bonchev–Trinajstić information content (AvgIpc) is 3.26. The molecule has 3 rings (SSSR count). The van der Waals surface area contributed by atoms with Crippen LogP contribution in [0.25, 0.3) is 11.4 Å². The second kappa shape index (κ2) is 7.09. The highest BCUT2D eigenvalue weighted by atomic mass is 16.2. The van der Waals surface area contributed by atoms with E-state index in [1.807, 2.05) is 41.1 Å². The molecule has 1 aliphatic carbocycles. The largest absolute Gasteiger partial charge is 0.348 e. The SMILES string of the molecule is O=C(NCCCn1ccnc1-c1ccccc1)C(=O)NC1CC1. The monoisotopic (exact) mass is 312 g/mol. The van der Waals surface area contributed by atoms with E-state index < -0.39 is 11.8 Å². The highest BCUT2D eigenvalue weighted by molar-refractivity contribution is 6.35. The Morgan fingerprint density at radius 3 is 2.70 bits per heavy atom. The number of carbonyl (C=O) groups is 2. The van der Waals surface area contributed by atoms with Gasteiger partial charge in [-0.2, -0.15) is 0 Å². The summed E-state index contributed by atoms with van der Waals surface area (Å²) >= 11 is 0. The third kappa shape index (κ3) is 4.18. The van der Waals surface area contributed by atoms with E-state index in [9.17, 15) is 9.59 Å². The van der Waals surface area contributed by atoms with Crippen molar-refractivity contribution in [2.24, 2.45) is 0 Å². The second-order valence-corrected chi connectivity index (χ2v) is 5.67. The first-order valence-electron chi connectivity index (χ1n) is 7.89. The molecule has 1 heterocycles. The Morgan fingerprint density at radius 1 is 1.17 bits per heavy atom. The summed E-state index contributed by atoms with van der Waals surface area (Å²) < 4.78 is 2.05. The molecule has 0 unspecified atom stereocenters. The van der Waals surface area contributed by atoms with E-state index in [1.165, 1.54) is 0 Å². The maximum absolute atomic E-state index is 11.6. The molecule has 0 atom stereocenters. The molecule has 1 fully saturated rings. The molecule has 0 bridgehead atoms. The third-order valence-corrected chi connectivity index (χ3v) is 3.73. The summed E-state index contributed by atoms with van der Waals surface area (Å²) in [5.74, 6) is -0.172. The molecule has 0 spiro atoms. The Bertz CT molecular complexity index is 677. The fourth-order valence-electron chi connectivity index (χ4n) is 2.35. The molecule has 2 N–H and O–H groups in total. The van der Waals surface area contributed by atoms with Crippen LogP contribution in [0, 0.1) is 0 Å². The molecule has 2 aromatic rings. The Hall–Kier alpha value is -2.63. The van der Waals surface area contributed by atoms with Crippen molar-refractivity contribution in [1.29, 1.82) is 0 Å². The normalized spacial score (nSPS) is 13.6. The smallest absolute Gasteiger partial charge is 0.309 e. The number of benzene rings is 1. The van der Waals surface area contributed by atoms with Crippen LogP contribution in [0.2, 0.25) is 0 Å². The first-order valence-corrected chi connectivity index (χ1v) is 7.89. The van der Waals surface area contributed by atoms with Crippen molar-refractivity contribution in [3.8, 4) is 11.4 Å². The first-order chi connectivity index (χ1) is 11.2. The van der Waals surface area contributed by atoms with Gasteiger partial charge in [0.05, 0.1) is 0 Å². The standard InChI is InChI=1S/C17H20N4O2/c22-16(17(23)20-14-7-8-14)19-9-4-11-21-12-10-18-15(21)13-5-2-1-3-6-13/h1-3,5-6,10,12,14H,4,7-9,11H2,(H,19,22)(H,20,23). The quantitative estimate of drug-likeness (QED) is 0.624. The van der Waals surface area contributed by atoms with Crippen LogP contribution in [0.1, 0.15) is 19.3 Å². The van der Waals surface area contributed by atoms with E-state index in [1.54, 1.807) is 6.20 Å². The minimum atomic E-state index is -0.550. The van der Waals surface area contributed by atoms with Gasteiger partial charge in [0.25, 0.3) is 0 Å². The number of carbonyl (C=O) groups excluding carboxylic acids is 2. The van der Waals surface area contributed by atoms with Gasteiger partial charge in [-0.05, 0) is 19.3 Å². The van der Waals surface area contributed by atoms with Gasteiger partial charge >= 0.3 is 11.8 Å². The summed E-state index contributed by atoms with van der Waals surface area (Å²) in [6, 6.07) is 10.2. The summed E-state index contributed by atoms with van der Waals surface area (Å²) in [6.07, 6.45) is 6.37. The number of rotatable bonds is 6. The fourth-order valence-corrected chi connectivity index (χ4v) is 2.35. The number of aryl methyl sites for hydroxylation is 1. The van der Waals surface area contributed by atoms with Crippen LogP contribution < -0.4 is 10.6 Å². The average molecular weight is 312 g/mol. The van der Waals surface area contributed by atoms with Gasteiger partial charge in [0, 0.05) is 37.1 Å². The summed E-state index contributed by atoms with van der Waals surface area (Å²) in [5.41, 5.74) is 1.06. The van der Waals surface area contributed by atoms with Crippen LogP contribution in [0.4, 0.5) is 0 Å². The maximum atomic E-state index is 11.6. The summed E-state index contributed by atoms with van der Waals surface area (Å²) in [4.78, 5) is 27.5. The van der Waals surface area contributed by atoms with Crippen LogP contribution >= 0.6 is 0 Å². The zero-order valence-electron chi connectivity index (χ0n) is 12.9.